The number of nitrogens with zero attached hydrogens (tertiary/aromatic N) is 2. The van der Waals surface area contributed by atoms with Gasteiger partial charge in [-0.05, 0) is 38.0 Å². The molecule has 0 heterocycles. The first-order valence-electron chi connectivity index (χ1n) is 8.84. The highest BCUT2D eigenvalue weighted by atomic mass is 32.2. The van der Waals surface area contributed by atoms with Gasteiger partial charge in [0.15, 0.2) is 5.96 Å². The fraction of sp³-hybridized carbons (Fsp3) is 0.938. The highest BCUT2D eigenvalue weighted by molar-refractivity contribution is 7.88. The summed E-state index contributed by atoms with van der Waals surface area (Å²) in [5, 5.41) is 6.58. The van der Waals surface area contributed by atoms with Crippen LogP contribution in [0.25, 0.3) is 0 Å². The zero-order valence-corrected chi connectivity index (χ0v) is 16.0. The molecule has 0 amide bonds. The summed E-state index contributed by atoms with van der Waals surface area (Å²) in [4.78, 5) is 4.73. The molecule has 0 radical (unpaired) electrons. The van der Waals surface area contributed by atoms with Gasteiger partial charge in [0, 0.05) is 32.7 Å². The SMILES string of the molecule is CCNC(=NCC1(CC)CCC1)NCCCN(CC)S(C)(=O)=O. The van der Waals surface area contributed by atoms with Gasteiger partial charge in [-0.1, -0.05) is 20.3 Å². The lowest BCUT2D eigenvalue weighted by Gasteiger charge is -2.40. The van der Waals surface area contributed by atoms with Gasteiger partial charge in [0.2, 0.25) is 10.0 Å². The second-order valence-corrected chi connectivity index (χ2v) is 8.42. The Morgan fingerprint density at radius 1 is 1.22 bits per heavy atom. The van der Waals surface area contributed by atoms with Gasteiger partial charge in [-0.15, -0.1) is 0 Å². The molecule has 7 heteroatoms. The molecule has 0 spiro atoms. The van der Waals surface area contributed by atoms with Gasteiger partial charge in [-0.3, -0.25) is 4.99 Å². The molecule has 0 saturated heterocycles. The van der Waals surface area contributed by atoms with Gasteiger partial charge >= 0.3 is 0 Å². The minimum Gasteiger partial charge on any atom is -0.357 e. The van der Waals surface area contributed by atoms with E-state index in [1.165, 1.54) is 36.2 Å². The van der Waals surface area contributed by atoms with E-state index >= 15 is 0 Å². The van der Waals surface area contributed by atoms with Crippen LogP contribution >= 0.6 is 0 Å². The number of hydrogen-bond acceptors (Lipinski definition) is 3. The van der Waals surface area contributed by atoms with Crippen LogP contribution in [0.3, 0.4) is 0 Å². The van der Waals surface area contributed by atoms with Crippen LogP contribution < -0.4 is 10.6 Å². The summed E-state index contributed by atoms with van der Waals surface area (Å²) >= 11 is 0. The summed E-state index contributed by atoms with van der Waals surface area (Å²) in [6.07, 6.45) is 7.11. The zero-order valence-electron chi connectivity index (χ0n) is 15.2. The molecule has 0 aromatic rings. The van der Waals surface area contributed by atoms with E-state index in [4.69, 9.17) is 4.99 Å². The fourth-order valence-electron chi connectivity index (χ4n) is 2.91. The molecule has 2 N–H and O–H groups in total. The Morgan fingerprint density at radius 2 is 1.91 bits per heavy atom. The third-order valence-electron chi connectivity index (χ3n) is 4.78. The molecule has 0 bridgehead atoms. The molecular weight excluding hydrogens is 312 g/mol. The van der Waals surface area contributed by atoms with Crippen molar-refractivity contribution in [1.29, 1.82) is 0 Å². The monoisotopic (exact) mass is 346 g/mol. The molecule has 1 aliphatic carbocycles. The molecule has 1 fully saturated rings. The minimum absolute atomic E-state index is 0.414. The molecule has 1 saturated carbocycles. The summed E-state index contributed by atoms with van der Waals surface area (Å²) < 4.78 is 24.6. The van der Waals surface area contributed by atoms with Crippen molar-refractivity contribution < 1.29 is 8.42 Å². The molecule has 6 nitrogen and oxygen atoms in total. The quantitative estimate of drug-likeness (QED) is 0.359. The molecule has 136 valence electrons. The van der Waals surface area contributed by atoms with Gasteiger partial charge in [0.05, 0.1) is 6.26 Å². The van der Waals surface area contributed by atoms with Gasteiger partial charge < -0.3 is 10.6 Å². The number of aliphatic imine (C=N–C) groups is 1. The van der Waals surface area contributed by atoms with Crippen LogP contribution in [0.4, 0.5) is 0 Å². The van der Waals surface area contributed by atoms with Crippen LogP contribution in [-0.2, 0) is 10.0 Å². The predicted molar refractivity (Wildman–Crippen MR) is 97.3 cm³/mol. The van der Waals surface area contributed by atoms with Crippen molar-refractivity contribution in [3.63, 3.8) is 0 Å². The highest BCUT2D eigenvalue weighted by Gasteiger charge is 2.34. The molecule has 23 heavy (non-hydrogen) atoms. The molecule has 0 atom stereocenters. The van der Waals surface area contributed by atoms with Crippen molar-refractivity contribution in [2.45, 2.75) is 52.9 Å². The van der Waals surface area contributed by atoms with Crippen molar-refractivity contribution >= 4 is 16.0 Å². The first-order valence-corrected chi connectivity index (χ1v) is 10.7. The van der Waals surface area contributed by atoms with Crippen molar-refractivity contribution in [1.82, 2.24) is 14.9 Å². The van der Waals surface area contributed by atoms with E-state index in [0.29, 0.717) is 18.5 Å². The van der Waals surface area contributed by atoms with E-state index in [-0.39, 0.29) is 0 Å². The summed E-state index contributed by atoms with van der Waals surface area (Å²) in [6, 6.07) is 0. The lowest BCUT2D eigenvalue weighted by molar-refractivity contribution is 0.139. The molecular formula is C16H34N4O2S. The Hall–Kier alpha value is -0.820. The Bertz CT molecular complexity index is 467. The second kappa shape index (κ2) is 9.47. The minimum atomic E-state index is -3.09. The Kier molecular flexibility index (Phi) is 8.33. The maximum Gasteiger partial charge on any atom is 0.211 e. The number of nitrogens with one attached hydrogen (secondary N) is 2. The molecule has 0 aromatic carbocycles. The topological polar surface area (TPSA) is 73.8 Å². The lowest BCUT2D eigenvalue weighted by atomic mass is 9.67. The Morgan fingerprint density at radius 3 is 2.35 bits per heavy atom. The molecule has 0 unspecified atom stereocenters. The maximum atomic E-state index is 11.5. The van der Waals surface area contributed by atoms with E-state index in [9.17, 15) is 8.42 Å². The molecule has 0 aromatic heterocycles. The Labute approximate surface area is 142 Å². The standard InChI is InChI=1S/C16H34N4O2S/c1-5-16(10-8-11-16)14-19-15(17-6-2)18-12-9-13-20(7-3)23(4,21)22/h5-14H2,1-4H3,(H2,17,18,19). The molecule has 1 rings (SSSR count). The summed E-state index contributed by atoms with van der Waals surface area (Å²) in [7, 11) is -3.09. The fourth-order valence-corrected chi connectivity index (χ4v) is 3.84. The van der Waals surface area contributed by atoms with Crippen LogP contribution in [0.5, 0.6) is 0 Å². The number of sulfonamides is 1. The summed E-state index contributed by atoms with van der Waals surface area (Å²) in [5.41, 5.74) is 0.414. The number of guanidine groups is 1. The Balaban J connectivity index is 2.41. The third kappa shape index (κ3) is 6.67. The van der Waals surface area contributed by atoms with Crippen molar-refractivity contribution in [2.75, 3.05) is 39.0 Å². The average Bonchev–Trinajstić information content (AvgIpc) is 2.44. The van der Waals surface area contributed by atoms with E-state index in [1.54, 1.807) is 0 Å². The highest BCUT2D eigenvalue weighted by Crippen LogP contribution is 2.43. The summed E-state index contributed by atoms with van der Waals surface area (Å²) in [6.45, 7) is 9.66. The molecule has 0 aliphatic heterocycles. The van der Waals surface area contributed by atoms with Gasteiger partial charge in [-0.2, -0.15) is 0 Å². The largest absolute Gasteiger partial charge is 0.357 e. The van der Waals surface area contributed by atoms with E-state index in [0.717, 1.165) is 32.0 Å². The van der Waals surface area contributed by atoms with Crippen LogP contribution in [-0.4, -0.2) is 57.7 Å². The predicted octanol–water partition coefficient (Wildman–Crippen LogP) is 1.79. The third-order valence-corrected chi connectivity index (χ3v) is 6.16. The van der Waals surface area contributed by atoms with Crippen LogP contribution in [0.2, 0.25) is 0 Å². The van der Waals surface area contributed by atoms with Gasteiger partial charge in [-0.25, -0.2) is 12.7 Å². The summed E-state index contributed by atoms with van der Waals surface area (Å²) in [5.74, 6) is 0.842. The lowest BCUT2D eigenvalue weighted by Crippen LogP contribution is -2.41. The van der Waals surface area contributed by atoms with Crippen molar-refractivity contribution in [3.05, 3.63) is 0 Å². The average molecular weight is 347 g/mol. The van der Waals surface area contributed by atoms with Crippen LogP contribution in [0.15, 0.2) is 4.99 Å². The maximum absolute atomic E-state index is 11.5. The van der Waals surface area contributed by atoms with Crippen LogP contribution in [0, 0.1) is 5.41 Å². The van der Waals surface area contributed by atoms with Crippen molar-refractivity contribution in [2.24, 2.45) is 10.4 Å². The first-order chi connectivity index (χ1) is 10.9. The van der Waals surface area contributed by atoms with Gasteiger partial charge in [0.25, 0.3) is 0 Å². The second-order valence-electron chi connectivity index (χ2n) is 6.44. The van der Waals surface area contributed by atoms with E-state index in [1.807, 2.05) is 6.92 Å². The smallest absolute Gasteiger partial charge is 0.211 e. The van der Waals surface area contributed by atoms with Crippen LogP contribution in [0.1, 0.15) is 52.9 Å². The van der Waals surface area contributed by atoms with E-state index in [2.05, 4.69) is 24.5 Å². The number of rotatable bonds is 10. The molecule has 1 aliphatic rings. The first kappa shape index (κ1) is 20.2. The van der Waals surface area contributed by atoms with Crippen molar-refractivity contribution in [3.8, 4) is 0 Å². The van der Waals surface area contributed by atoms with Gasteiger partial charge in [0.1, 0.15) is 0 Å². The normalized spacial score (nSPS) is 17.9. The van der Waals surface area contributed by atoms with E-state index < -0.39 is 10.0 Å². The number of hydrogen-bond donors (Lipinski definition) is 2. The zero-order chi connectivity index (χ0) is 17.3.